The largest absolute Gasteiger partial charge is 0.377 e. The summed E-state index contributed by atoms with van der Waals surface area (Å²) in [5, 5.41) is 0. The van der Waals surface area contributed by atoms with E-state index in [1.54, 1.807) is 0 Å². The molecule has 0 radical (unpaired) electrons. The van der Waals surface area contributed by atoms with Gasteiger partial charge in [-0.1, -0.05) is 22.9 Å². The number of hydrogen-bond donors (Lipinski definition) is 0. The zero-order chi connectivity index (χ0) is 5.98. The Balaban J connectivity index is 2.30. The van der Waals surface area contributed by atoms with Crippen molar-refractivity contribution in [1.29, 1.82) is 0 Å². The third-order valence-corrected chi connectivity index (χ3v) is 2.58. The molecule has 0 aliphatic carbocycles. The summed E-state index contributed by atoms with van der Waals surface area (Å²) >= 11 is 3.54. The zero-order valence-electron chi connectivity index (χ0n) is 5.06. The third kappa shape index (κ3) is 1.23. The Hall–Kier alpha value is 0.440. The molecule has 0 N–H and O–H groups in total. The molecule has 1 aliphatic heterocycles. The molecule has 8 heavy (non-hydrogen) atoms. The summed E-state index contributed by atoms with van der Waals surface area (Å²) in [6.07, 6.45) is 2.80. The van der Waals surface area contributed by atoms with Gasteiger partial charge in [0.15, 0.2) is 0 Å². The van der Waals surface area contributed by atoms with Crippen LogP contribution in [0.4, 0.5) is 0 Å². The van der Waals surface area contributed by atoms with Gasteiger partial charge in [0, 0.05) is 11.4 Å². The molecule has 48 valence electrons. The van der Waals surface area contributed by atoms with Gasteiger partial charge in [-0.15, -0.1) is 0 Å². The summed E-state index contributed by atoms with van der Waals surface area (Å²) in [5.74, 6) is 0. The molecule has 0 aromatic rings. The second-order valence-corrected chi connectivity index (χ2v) is 3.30. The van der Waals surface area contributed by atoms with Crippen LogP contribution < -0.4 is 0 Å². The topological polar surface area (TPSA) is 9.23 Å². The van der Waals surface area contributed by atoms with Crippen LogP contribution in [0.3, 0.4) is 0 Å². The lowest BCUT2D eigenvalue weighted by atomic mass is 10.2. The first kappa shape index (κ1) is 6.56. The fraction of sp³-hybridized carbons (Fsp3) is 1.00. The van der Waals surface area contributed by atoms with Gasteiger partial charge in [0.1, 0.15) is 0 Å². The van der Waals surface area contributed by atoms with E-state index in [0.717, 1.165) is 13.0 Å². The van der Waals surface area contributed by atoms with Crippen molar-refractivity contribution >= 4 is 15.9 Å². The van der Waals surface area contributed by atoms with Gasteiger partial charge in [-0.05, 0) is 12.8 Å². The second kappa shape index (κ2) is 2.83. The van der Waals surface area contributed by atoms with Crippen molar-refractivity contribution in [1.82, 2.24) is 0 Å². The lowest BCUT2D eigenvalue weighted by Crippen LogP contribution is -2.12. The minimum Gasteiger partial charge on any atom is -0.377 e. The molecular formula is C6H11BrO. The highest BCUT2D eigenvalue weighted by Crippen LogP contribution is 2.22. The summed E-state index contributed by atoms with van der Waals surface area (Å²) in [4.78, 5) is 0.618. The maximum atomic E-state index is 5.37. The van der Waals surface area contributed by atoms with Crippen LogP contribution in [-0.2, 0) is 4.74 Å². The molecule has 0 spiro atoms. The van der Waals surface area contributed by atoms with Gasteiger partial charge in [0.05, 0.1) is 6.10 Å². The van der Waals surface area contributed by atoms with Crippen molar-refractivity contribution < 1.29 is 4.74 Å². The Bertz CT molecular complexity index is 74.9. The highest BCUT2D eigenvalue weighted by Gasteiger charge is 2.23. The van der Waals surface area contributed by atoms with Gasteiger partial charge in [0.2, 0.25) is 0 Å². The molecule has 0 amide bonds. The van der Waals surface area contributed by atoms with E-state index in [2.05, 4.69) is 22.9 Å². The summed E-state index contributed by atoms with van der Waals surface area (Å²) in [5.41, 5.74) is 0. The maximum absolute atomic E-state index is 5.37. The van der Waals surface area contributed by atoms with Crippen LogP contribution in [0.2, 0.25) is 0 Å². The van der Waals surface area contributed by atoms with Gasteiger partial charge in [-0.3, -0.25) is 0 Å². The molecule has 0 aromatic carbocycles. The van der Waals surface area contributed by atoms with Gasteiger partial charge in [-0.25, -0.2) is 0 Å². The highest BCUT2D eigenvalue weighted by atomic mass is 79.9. The molecule has 0 unspecified atom stereocenters. The van der Waals surface area contributed by atoms with Crippen LogP contribution in [0.15, 0.2) is 0 Å². The summed E-state index contributed by atoms with van der Waals surface area (Å²) in [6.45, 7) is 3.10. The van der Waals surface area contributed by atoms with E-state index in [0.29, 0.717) is 10.9 Å². The Kier molecular flexibility index (Phi) is 2.32. The van der Waals surface area contributed by atoms with Crippen LogP contribution in [0.25, 0.3) is 0 Å². The second-order valence-electron chi connectivity index (χ2n) is 2.12. The van der Waals surface area contributed by atoms with E-state index in [4.69, 9.17) is 4.74 Å². The van der Waals surface area contributed by atoms with E-state index >= 15 is 0 Å². The molecule has 1 heterocycles. The van der Waals surface area contributed by atoms with Crippen molar-refractivity contribution in [2.75, 3.05) is 6.61 Å². The Morgan fingerprint density at radius 2 is 2.50 bits per heavy atom. The van der Waals surface area contributed by atoms with Crippen LogP contribution in [0, 0.1) is 0 Å². The molecule has 2 heteroatoms. The van der Waals surface area contributed by atoms with Crippen molar-refractivity contribution in [2.45, 2.75) is 30.7 Å². The average molecular weight is 179 g/mol. The Labute approximate surface area is 58.5 Å². The number of hydrogen-bond acceptors (Lipinski definition) is 1. The number of rotatable bonds is 1. The van der Waals surface area contributed by atoms with Crippen LogP contribution in [0.5, 0.6) is 0 Å². The minimum atomic E-state index is 0.481. The van der Waals surface area contributed by atoms with Gasteiger partial charge in [0.25, 0.3) is 0 Å². The number of alkyl halides is 1. The van der Waals surface area contributed by atoms with Gasteiger partial charge >= 0.3 is 0 Å². The summed E-state index contributed by atoms with van der Waals surface area (Å²) < 4.78 is 5.37. The quantitative estimate of drug-likeness (QED) is 0.559. The lowest BCUT2D eigenvalue weighted by Gasteiger charge is -2.08. The first-order valence-corrected chi connectivity index (χ1v) is 4.02. The molecular weight excluding hydrogens is 168 g/mol. The van der Waals surface area contributed by atoms with E-state index in [1.165, 1.54) is 6.42 Å². The first-order chi connectivity index (χ1) is 3.84. The smallest absolute Gasteiger partial charge is 0.0698 e. The van der Waals surface area contributed by atoms with Crippen molar-refractivity contribution in [2.24, 2.45) is 0 Å². The fourth-order valence-electron chi connectivity index (χ4n) is 0.996. The molecule has 1 fully saturated rings. The summed E-state index contributed by atoms with van der Waals surface area (Å²) in [6, 6.07) is 0. The van der Waals surface area contributed by atoms with Gasteiger partial charge < -0.3 is 4.74 Å². The van der Waals surface area contributed by atoms with Crippen molar-refractivity contribution in [3.05, 3.63) is 0 Å². The Morgan fingerprint density at radius 3 is 2.75 bits per heavy atom. The third-order valence-electron chi connectivity index (χ3n) is 1.53. The predicted octanol–water partition coefficient (Wildman–Crippen LogP) is 1.95. The molecule has 1 saturated heterocycles. The van der Waals surface area contributed by atoms with E-state index in [1.807, 2.05) is 0 Å². The number of ether oxygens (including phenoxy) is 1. The molecule has 2 atom stereocenters. The Morgan fingerprint density at radius 1 is 1.75 bits per heavy atom. The standard InChI is InChI=1S/C6H11BrO/c1-2-6-5(7)3-4-8-6/h5-6H,2-4H2,1H3/t5-,6-/m1/s1. The molecule has 1 nitrogen and oxygen atoms in total. The molecule has 0 aromatic heterocycles. The van der Waals surface area contributed by atoms with E-state index < -0.39 is 0 Å². The SMILES string of the molecule is CC[C@H]1OCC[C@H]1Br. The fourth-order valence-corrected chi connectivity index (χ4v) is 1.71. The van der Waals surface area contributed by atoms with Crippen LogP contribution in [0.1, 0.15) is 19.8 Å². The molecule has 0 saturated carbocycles. The average Bonchev–Trinajstić information content (AvgIpc) is 2.14. The van der Waals surface area contributed by atoms with Crippen molar-refractivity contribution in [3.8, 4) is 0 Å². The van der Waals surface area contributed by atoms with Crippen LogP contribution in [-0.4, -0.2) is 17.5 Å². The van der Waals surface area contributed by atoms with Crippen LogP contribution >= 0.6 is 15.9 Å². The normalized spacial score (nSPS) is 38.2. The molecule has 0 bridgehead atoms. The monoisotopic (exact) mass is 178 g/mol. The maximum Gasteiger partial charge on any atom is 0.0698 e. The zero-order valence-corrected chi connectivity index (χ0v) is 6.65. The van der Waals surface area contributed by atoms with Gasteiger partial charge in [-0.2, -0.15) is 0 Å². The van der Waals surface area contributed by atoms with E-state index in [9.17, 15) is 0 Å². The van der Waals surface area contributed by atoms with E-state index in [-0.39, 0.29) is 0 Å². The molecule has 1 rings (SSSR count). The van der Waals surface area contributed by atoms with Crippen molar-refractivity contribution in [3.63, 3.8) is 0 Å². The highest BCUT2D eigenvalue weighted by molar-refractivity contribution is 9.09. The minimum absolute atomic E-state index is 0.481. The lowest BCUT2D eigenvalue weighted by molar-refractivity contribution is 0.111. The predicted molar refractivity (Wildman–Crippen MR) is 37.4 cm³/mol. The number of halogens is 1. The first-order valence-electron chi connectivity index (χ1n) is 3.10. The summed E-state index contributed by atoms with van der Waals surface area (Å²) in [7, 11) is 0. The molecule has 1 aliphatic rings.